The Labute approximate surface area is 207 Å². The van der Waals surface area contributed by atoms with Gasteiger partial charge in [0.25, 0.3) is 5.91 Å². The van der Waals surface area contributed by atoms with E-state index in [2.05, 4.69) is 21.2 Å². The summed E-state index contributed by atoms with van der Waals surface area (Å²) in [6.45, 7) is 6.28. The van der Waals surface area contributed by atoms with E-state index in [1.165, 1.54) is 18.2 Å². The minimum atomic E-state index is -0.498. The van der Waals surface area contributed by atoms with Crippen LogP contribution in [0, 0.1) is 31.0 Å². The van der Waals surface area contributed by atoms with Gasteiger partial charge < -0.3 is 14.8 Å². The fourth-order valence-electron chi connectivity index (χ4n) is 3.19. The van der Waals surface area contributed by atoms with Gasteiger partial charge in [0.15, 0.2) is 11.5 Å². The maximum atomic E-state index is 13.1. The van der Waals surface area contributed by atoms with Crippen molar-refractivity contribution in [3.8, 4) is 17.6 Å². The van der Waals surface area contributed by atoms with E-state index in [0.29, 0.717) is 33.8 Å². The second-order valence-corrected chi connectivity index (χ2v) is 8.47. The highest BCUT2D eigenvalue weighted by molar-refractivity contribution is 9.10. The normalized spacial score (nSPS) is 11.0. The Balaban J connectivity index is 1.85. The summed E-state index contributed by atoms with van der Waals surface area (Å²) in [6.07, 6.45) is 1.50. The van der Waals surface area contributed by atoms with Gasteiger partial charge in [-0.3, -0.25) is 4.79 Å². The first-order valence-corrected chi connectivity index (χ1v) is 11.4. The Hall–Kier alpha value is -3.63. The number of carbonyl (C=O) groups is 1. The first kappa shape index (κ1) is 25.0. The Kier molecular flexibility index (Phi) is 8.44. The number of anilines is 1. The zero-order valence-electron chi connectivity index (χ0n) is 19.1. The van der Waals surface area contributed by atoms with Crippen molar-refractivity contribution >= 4 is 33.6 Å². The lowest BCUT2D eigenvalue weighted by atomic mass is 10.1. The smallest absolute Gasteiger partial charge is 0.266 e. The molecule has 0 aliphatic carbocycles. The number of rotatable bonds is 8. The molecular formula is C27H24BrFN2O3. The molecule has 0 spiro atoms. The lowest BCUT2D eigenvalue weighted by Crippen LogP contribution is -2.14. The molecule has 0 saturated carbocycles. The monoisotopic (exact) mass is 522 g/mol. The molecule has 0 bridgehead atoms. The molecule has 0 aliphatic heterocycles. The van der Waals surface area contributed by atoms with Crippen LogP contribution in [0.1, 0.15) is 29.2 Å². The number of nitrogens with zero attached hydrogens (tertiary/aromatic N) is 1. The second kappa shape index (κ2) is 11.5. The van der Waals surface area contributed by atoms with Crippen LogP contribution in [0.4, 0.5) is 10.1 Å². The van der Waals surface area contributed by atoms with E-state index in [0.717, 1.165) is 16.7 Å². The molecule has 3 rings (SSSR count). The fraction of sp³-hybridized carbons (Fsp3) is 0.185. The van der Waals surface area contributed by atoms with Gasteiger partial charge in [-0.25, -0.2) is 4.39 Å². The molecule has 5 nitrogen and oxygen atoms in total. The highest BCUT2D eigenvalue weighted by Gasteiger charge is 2.15. The second-order valence-electron chi connectivity index (χ2n) is 7.62. The summed E-state index contributed by atoms with van der Waals surface area (Å²) in [7, 11) is 0. The van der Waals surface area contributed by atoms with Crippen molar-refractivity contribution in [2.45, 2.75) is 27.4 Å². The molecule has 0 fully saturated rings. The molecule has 1 amide bonds. The topological polar surface area (TPSA) is 71.3 Å². The number of benzene rings is 3. The number of aryl methyl sites for hydroxylation is 2. The van der Waals surface area contributed by atoms with Gasteiger partial charge in [0, 0.05) is 5.69 Å². The van der Waals surface area contributed by atoms with Crippen LogP contribution >= 0.6 is 15.9 Å². The van der Waals surface area contributed by atoms with Gasteiger partial charge in [-0.1, -0.05) is 24.3 Å². The molecule has 7 heteroatoms. The summed E-state index contributed by atoms with van der Waals surface area (Å²) < 4.78 is 25.4. The van der Waals surface area contributed by atoms with Crippen LogP contribution in [0.3, 0.4) is 0 Å². The number of amides is 1. The zero-order valence-corrected chi connectivity index (χ0v) is 20.7. The van der Waals surface area contributed by atoms with Crippen LogP contribution in [0.2, 0.25) is 0 Å². The predicted molar refractivity (Wildman–Crippen MR) is 134 cm³/mol. The summed E-state index contributed by atoms with van der Waals surface area (Å²) >= 11 is 3.50. The van der Waals surface area contributed by atoms with Gasteiger partial charge in [-0.2, -0.15) is 5.26 Å². The Morgan fingerprint density at radius 1 is 1.12 bits per heavy atom. The number of hydrogen-bond donors (Lipinski definition) is 1. The van der Waals surface area contributed by atoms with Crippen molar-refractivity contribution in [3.05, 3.63) is 92.7 Å². The lowest BCUT2D eigenvalue weighted by Gasteiger charge is -2.15. The minimum Gasteiger partial charge on any atom is -0.490 e. The number of nitrogens with one attached hydrogen (secondary N) is 1. The van der Waals surface area contributed by atoms with E-state index >= 15 is 0 Å². The molecule has 1 N–H and O–H groups in total. The summed E-state index contributed by atoms with van der Waals surface area (Å²) in [4.78, 5) is 12.8. The van der Waals surface area contributed by atoms with Crippen molar-refractivity contribution < 1.29 is 18.7 Å². The summed E-state index contributed by atoms with van der Waals surface area (Å²) in [6, 6.07) is 17.2. The van der Waals surface area contributed by atoms with Crippen molar-refractivity contribution in [1.82, 2.24) is 0 Å². The third-order valence-electron chi connectivity index (χ3n) is 4.95. The Bertz CT molecular complexity index is 1260. The van der Waals surface area contributed by atoms with Gasteiger partial charge >= 0.3 is 0 Å². The molecule has 174 valence electrons. The van der Waals surface area contributed by atoms with E-state index in [-0.39, 0.29) is 18.0 Å². The summed E-state index contributed by atoms with van der Waals surface area (Å²) in [5, 5.41) is 12.4. The molecule has 3 aromatic carbocycles. The minimum absolute atomic E-state index is 0.0461. The third kappa shape index (κ3) is 6.46. The van der Waals surface area contributed by atoms with Crippen molar-refractivity contribution in [3.63, 3.8) is 0 Å². The Morgan fingerprint density at radius 3 is 2.53 bits per heavy atom. The van der Waals surface area contributed by atoms with E-state index < -0.39 is 5.91 Å². The average molecular weight is 523 g/mol. The molecule has 0 heterocycles. The van der Waals surface area contributed by atoms with Crippen molar-refractivity contribution in [1.29, 1.82) is 5.26 Å². The van der Waals surface area contributed by atoms with Gasteiger partial charge in [0.2, 0.25) is 0 Å². The molecule has 34 heavy (non-hydrogen) atoms. The predicted octanol–water partition coefficient (Wildman–Crippen LogP) is 6.73. The molecule has 0 aromatic heterocycles. The molecule has 0 saturated heterocycles. The molecule has 3 aromatic rings. The fourth-order valence-corrected chi connectivity index (χ4v) is 3.76. The first-order valence-electron chi connectivity index (χ1n) is 10.6. The van der Waals surface area contributed by atoms with Crippen LogP contribution < -0.4 is 14.8 Å². The number of halogens is 2. The van der Waals surface area contributed by atoms with E-state index in [1.54, 1.807) is 24.3 Å². The average Bonchev–Trinajstić information content (AvgIpc) is 2.80. The largest absolute Gasteiger partial charge is 0.490 e. The first-order chi connectivity index (χ1) is 16.3. The SMILES string of the molecule is CCOc1cc(/C=C(\C#N)C(=O)Nc2cc(C)ccc2C)cc(Br)c1OCc1ccc(F)cc1. The molecule has 0 atom stereocenters. The van der Waals surface area contributed by atoms with Gasteiger partial charge in [0.05, 0.1) is 11.1 Å². The highest BCUT2D eigenvalue weighted by Crippen LogP contribution is 2.38. The van der Waals surface area contributed by atoms with E-state index in [9.17, 15) is 14.4 Å². The third-order valence-corrected chi connectivity index (χ3v) is 5.53. The standard InChI is InChI=1S/C27H24BrFN2O3/c1-4-33-25-14-20(13-23(28)26(25)34-16-19-7-9-22(29)10-8-19)12-21(15-30)27(32)31-24-11-17(2)5-6-18(24)3/h5-14H,4,16H2,1-3H3,(H,31,32)/b21-12+. The van der Waals surface area contributed by atoms with Crippen LogP contribution in [0.15, 0.2) is 64.6 Å². The van der Waals surface area contributed by atoms with Crippen molar-refractivity contribution in [2.75, 3.05) is 11.9 Å². The zero-order chi connectivity index (χ0) is 24.7. The van der Waals surface area contributed by atoms with Crippen LogP contribution in [-0.4, -0.2) is 12.5 Å². The quantitative estimate of drug-likeness (QED) is 0.263. The van der Waals surface area contributed by atoms with Crippen LogP contribution in [0.25, 0.3) is 6.08 Å². The maximum absolute atomic E-state index is 13.1. The lowest BCUT2D eigenvalue weighted by molar-refractivity contribution is -0.112. The molecular weight excluding hydrogens is 499 g/mol. The summed E-state index contributed by atoms with van der Waals surface area (Å²) in [5.74, 6) is 0.118. The highest BCUT2D eigenvalue weighted by atomic mass is 79.9. The van der Waals surface area contributed by atoms with E-state index in [4.69, 9.17) is 9.47 Å². The number of carbonyl (C=O) groups excluding carboxylic acids is 1. The van der Waals surface area contributed by atoms with Gasteiger partial charge in [0.1, 0.15) is 24.1 Å². The number of nitriles is 1. The number of hydrogen-bond acceptors (Lipinski definition) is 4. The van der Waals surface area contributed by atoms with Gasteiger partial charge in [-0.15, -0.1) is 0 Å². The van der Waals surface area contributed by atoms with Crippen molar-refractivity contribution in [2.24, 2.45) is 0 Å². The molecule has 0 unspecified atom stereocenters. The molecule has 0 aliphatic rings. The van der Waals surface area contributed by atoms with E-state index in [1.807, 2.05) is 45.0 Å². The van der Waals surface area contributed by atoms with Gasteiger partial charge in [-0.05, 0) is 95.4 Å². The van der Waals surface area contributed by atoms with Crippen LogP contribution in [-0.2, 0) is 11.4 Å². The van der Waals surface area contributed by atoms with Crippen LogP contribution in [0.5, 0.6) is 11.5 Å². The number of ether oxygens (including phenoxy) is 2. The maximum Gasteiger partial charge on any atom is 0.266 e. The Morgan fingerprint density at radius 2 is 1.85 bits per heavy atom. The summed E-state index contributed by atoms with van der Waals surface area (Å²) in [5.41, 5.74) is 3.92. The molecule has 0 radical (unpaired) electrons.